The summed E-state index contributed by atoms with van der Waals surface area (Å²) in [6.07, 6.45) is 0. The Bertz CT molecular complexity index is 674. The predicted octanol–water partition coefficient (Wildman–Crippen LogP) is 2.35. The summed E-state index contributed by atoms with van der Waals surface area (Å²) in [5.41, 5.74) is 5.22. The zero-order chi connectivity index (χ0) is 15.2. The van der Waals surface area contributed by atoms with E-state index in [0.29, 0.717) is 15.5 Å². The molecule has 0 atom stereocenters. The average Bonchev–Trinajstić information content (AvgIpc) is 2.99. The van der Waals surface area contributed by atoms with Crippen molar-refractivity contribution in [2.75, 3.05) is 0 Å². The molecule has 1 aromatic heterocycles. The van der Waals surface area contributed by atoms with Crippen LogP contribution in [0.5, 0.6) is 0 Å². The smallest absolute Gasteiger partial charge is 0.279 e. The van der Waals surface area contributed by atoms with E-state index < -0.39 is 5.91 Å². The van der Waals surface area contributed by atoms with Crippen LogP contribution < -0.4 is 16.2 Å². The molecule has 0 bridgehead atoms. The van der Waals surface area contributed by atoms with E-state index in [-0.39, 0.29) is 11.0 Å². The van der Waals surface area contributed by atoms with Gasteiger partial charge in [0.05, 0.1) is 4.88 Å². The highest BCUT2D eigenvalue weighted by Crippen LogP contribution is 2.10. The third-order valence-corrected chi connectivity index (χ3v) is 3.66. The fraction of sp³-hybridized carbons (Fsp3) is 0. The number of nitrogens with one attached hydrogen (secondary N) is 3. The highest BCUT2D eigenvalue weighted by Gasteiger charge is 2.10. The predicted molar refractivity (Wildman–Crippen MR) is 86.4 cm³/mol. The van der Waals surface area contributed by atoms with Gasteiger partial charge >= 0.3 is 0 Å². The molecule has 0 spiro atoms. The van der Waals surface area contributed by atoms with E-state index >= 15 is 0 Å². The van der Waals surface area contributed by atoms with Gasteiger partial charge in [0.2, 0.25) is 0 Å². The minimum atomic E-state index is -0.416. The summed E-state index contributed by atoms with van der Waals surface area (Å²) >= 11 is 12.0. The van der Waals surface area contributed by atoms with Gasteiger partial charge in [-0.1, -0.05) is 23.7 Å². The summed E-state index contributed by atoms with van der Waals surface area (Å²) < 4.78 is 0. The van der Waals surface area contributed by atoms with Gasteiger partial charge in [0.15, 0.2) is 5.11 Å². The molecule has 5 nitrogen and oxygen atoms in total. The van der Waals surface area contributed by atoms with Crippen LogP contribution in [0.2, 0.25) is 5.02 Å². The Balaban J connectivity index is 1.84. The van der Waals surface area contributed by atoms with E-state index in [0.717, 1.165) is 0 Å². The largest absolute Gasteiger partial charge is 0.298 e. The van der Waals surface area contributed by atoms with Gasteiger partial charge < -0.3 is 0 Å². The molecule has 0 aliphatic heterocycles. The number of carbonyl (C=O) groups excluding carboxylic acids is 2. The summed E-state index contributed by atoms with van der Waals surface area (Å²) in [6, 6.07) is 9.88. The zero-order valence-electron chi connectivity index (χ0n) is 10.6. The number of rotatable bonds is 2. The van der Waals surface area contributed by atoms with E-state index in [9.17, 15) is 9.59 Å². The van der Waals surface area contributed by atoms with Crippen molar-refractivity contribution in [3.63, 3.8) is 0 Å². The van der Waals surface area contributed by atoms with Gasteiger partial charge in [-0.15, -0.1) is 11.3 Å². The lowest BCUT2D eigenvalue weighted by atomic mass is 10.2. The molecule has 0 saturated carbocycles. The minimum Gasteiger partial charge on any atom is -0.298 e. The second kappa shape index (κ2) is 7.16. The SMILES string of the molecule is O=C(NC(=S)NNC(=O)c1cccs1)c1cccc(Cl)c1. The molecular formula is C13H10ClN3O2S2. The molecule has 21 heavy (non-hydrogen) atoms. The molecule has 108 valence electrons. The minimum absolute atomic E-state index is 0.00937. The Kier molecular flexibility index (Phi) is 5.26. The van der Waals surface area contributed by atoms with Crippen molar-refractivity contribution in [1.29, 1.82) is 0 Å². The number of hydrogen-bond acceptors (Lipinski definition) is 4. The number of hydrogen-bond donors (Lipinski definition) is 3. The zero-order valence-corrected chi connectivity index (χ0v) is 12.9. The van der Waals surface area contributed by atoms with E-state index in [1.807, 2.05) is 0 Å². The van der Waals surface area contributed by atoms with Crippen molar-refractivity contribution in [3.05, 3.63) is 57.2 Å². The molecule has 0 fully saturated rings. The molecular weight excluding hydrogens is 330 g/mol. The van der Waals surface area contributed by atoms with Crippen molar-refractivity contribution in [1.82, 2.24) is 16.2 Å². The maximum atomic E-state index is 11.9. The molecule has 2 amide bonds. The molecule has 3 N–H and O–H groups in total. The summed E-state index contributed by atoms with van der Waals surface area (Å²) in [5.74, 6) is -0.746. The fourth-order valence-corrected chi connectivity index (χ4v) is 2.37. The number of thiophene rings is 1. The summed E-state index contributed by atoms with van der Waals surface area (Å²) in [5, 5.41) is 4.66. The van der Waals surface area contributed by atoms with E-state index in [2.05, 4.69) is 16.2 Å². The second-order valence-electron chi connectivity index (χ2n) is 3.85. The van der Waals surface area contributed by atoms with Gasteiger partial charge in [-0.05, 0) is 41.9 Å². The molecule has 0 unspecified atom stereocenters. The molecule has 0 aliphatic rings. The molecule has 0 aliphatic carbocycles. The molecule has 0 saturated heterocycles. The fourth-order valence-electron chi connectivity index (χ4n) is 1.42. The first kappa shape index (κ1) is 15.4. The first-order valence-corrected chi connectivity index (χ1v) is 7.43. The average molecular weight is 340 g/mol. The van der Waals surface area contributed by atoms with Crippen molar-refractivity contribution in [2.45, 2.75) is 0 Å². The van der Waals surface area contributed by atoms with E-state index in [1.165, 1.54) is 17.4 Å². The van der Waals surface area contributed by atoms with E-state index in [1.54, 1.807) is 35.7 Å². The van der Waals surface area contributed by atoms with Gasteiger partial charge in [0.25, 0.3) is 11.8 Å². The van der Waals surface area contributed by atoms with Gasteiger partial charge in [-0.25, -0.2) is 0 Å². The van der Waals surface area contributed by atoms with Gasteiger partial charge in [0, 0.05) is 10.6 Å². The molecule has 0 radical (unpaired) electrons. The molecule has 8 heteroatoms. The second-order valence-corrected chi connectivity index (χ2v) is 5.64. The van der Waals surface area contributed by atoms with Crippen LogP contribution in [0.3, 0.4) is 0 Å². The van der Waals surface area contributed by atoms with Gasteiger partial charge in [-0.2, -0.15) is 0 Å². The van der Waals surface area contributed by atoms with Crippen LogP contribution in [-0.4, -0.2) is 16.9 Å². The number of benzene rings is 1. The molecule has 2 rings (SSSR count). The quantitative estimate of drug-likeness (QED) is 0.580. The Labute approximate surface area is 135 Å². The molecule has 2 aromatic rings. The summed E-state index contributed by atoms with van der Waals surface area (Å²) in [7, 11) is 0. The third-order valence-electron chi connectivity index (χ3n) is 2.35. The Morgan fingerprint density at radius 3 is 2.57 bits per heavy atom. The standard InChI is InChI=1S/C13H10ClN3O2S2/c14-9-4-1-3-8(7-9)11(18)15-13(20)17-16-12(19)10-5-2-6-21-10/h1-7H,(H,16,19)(H2,15,17,18,20). The van der Waals surface area contributed by atoms with Crippen molar-refractivity contribution in [3.8, 4) is 0 Å². The lowest BCUT2D eigenvalue weighted by Crippen LogP contribution is -2.48. The number of halogens is 1. The van der Waals surface area contributed by atoms with Gasteiger partial charge in [-0.3, -0.25) is 25.8 Å². The Morgan fingerprint density at radius 2 is 1.90 bits per heavy atom. The maximum Gasteiger partial charge on any atom is 0.279 e. The van der Waals surface area contributed by atoms with Crippen LogP contribution in [0.25, 0.3) is 0 Å². The molecule has 1 heterocycles. The highest BCUT2D eigenvalue weighted by atomic mass is 35.5. The number of hydrazine groups is 1. The van der Waals surface area contributed by atoms with Crippen LogP contribution in [0.1, 0.15) is 20.0 Å². The highest BCUT2D eigenvalue weighted by molar-refractivity contribution is 7.80. The van der Waals surface area contributed by atoms with Crippen LogP contribution in [-0.2, 0) is 0 Å². The molecule has 1 aromatic carbocycles. The van der Waals surface area contributed by atoms with Crippen LogP contribution >= 0.6 is 35.2 Å². The summed E-state index contributed by atoms with van der Waals surface area (Å²) in [4.78, 5) is 24.1. The number of thiocarbonyl (C=S) groups is 1. The lowest BCUT2D eigenvalue weighted by molar-refractivity contribution is 0.0938. The van der Waals surface area contributed by atoms with Crippen molar-refractivity contribution < 1.29 is 9.59 Å². The van der Waals surface area contributed by atoms with Crippen molar-refractivity contribution in [2.24, 2.45) is 0 Å². The Morgan fingerprint density at radius 1 is 1.10 bits per heavy atom. The normalized spacial score (nSPS) is 9.76. The number of amides is 2. The maximum absolute atomic E-state index is 11.9. The van der Waals surface area contributed by atoms with Gasteiger partial charge in [0.1, 0.15) is 0 Å². The van der Waals surface area contributed by atoms with Crippen molar-refractivity contribution >= 4 is 52.1 Å². The monoisotopic (exact) mass is 339 g/mol. The third kappa shape index (κ3) is 4.52. The first-order chi connectivity index (χ1) is 10.1. The number of carbonyl (C=O) groups is 2. The first-order valence-electron chi connectivity index (χ1n) is 5.77. The topological polar surface area (TPSA) is 70.2 Å². The Hall–Kier alpha value is -1.96. The van der Waals surface area contributed by atoms with Crippen LogP contribution in [0.4, 0.5) is 0 Å². The lowest BCUT2D eigenvalue weighted by Gasteiger charge is -2.10. The van der Waals surface area contributed by atoms with Crippen LogP contribution in [0, 0.1) is 0 Å². The van der Waals surface area contributed by atoms with E-state index in [4.69, 9.17) is 23.8 Å². The van der Waals surface area contributed by atoms with Crippen LogP contribution in [0.15, 0.2) is 41.8 Å². The summed E-state index contributed by atoms with van der Waals surface area (Å²) in [6.45, 7) is 0.